The van der Waals surface area contributed by atoms with Gasteiger partial charge in [0.1, 0.15) is 11.5 Å². The van der Waals surface area contributed by atoms with Gasteiger partial charge in [0, 0.05) is 28.2 Å². The highest BCUT2D eigenvalue weighted by molar-refractivity contribution is 7.98. The Morgan fingerprint density at radius 2 is 1.77 bits per heavy atom. The predicted molar refractivity (Wildman–Crippen MR) is 90.2 cm³/mol. The molecule has 22 heavy (non-hydrogen) atoms. The third-order valence-corrected chi connectivity index (χ3v) is 4.44. The molecule has 2 rings (SSSR count). The summed E-state index contributed by atoms with van der Waals surface area (Å²) in [7, 11) is 3.32. The van der Waals surface area contributed by atoms with Gasteiger partial charge in [0.25, 0.3) is 0 Å². The number of methoxy groups -OCH3 is 2. The van der Waals surface area contributed by atoms with Crippen molar-refractivity contribution in [1.82, 2.24) is 0 Å². The van der Waals surface area contributed by atoms with Crippen LogP contribution in [0.5, 0.6) is 11.5 Å². The summed E-state index contributed by atoms with van der Waals surface area (Å²) in [5, 5.41) is 0. The van der Waals surface area contributed by atoms with Crippen LogP contribution in [0, 0.1) is 0 Å². The average Bonchev–Trinajstić information content (AvgIpc) is 2.59. The summed E-state index contributed by atoms with van der Waals surface area (Å²) in [6.07, 6.45) is 0.535. The minimum atomic E-state index is 0.172. The van der Waals surface area contributed by atoms with Crippen LogP contribution in [0.25, 0.3) is 0 Å². The van der Waals surface area contributed by atoms with Crippen molar-refractivity contribution in [1.29, 1.82) is 0 Å². The Kier molecular flexibility index (Phi) is 5.90. The predicted octanol–water partition coefficient (Wildman–Crippen LogP) is 4.59. The molecule has 0 atom stereocenters. The first-order valence-corrected chi connectivity index (χ1v) is 8.13. The highest BCUT2D eigenvalue weighted by atomic mass is 32.2. The van der Waals surface area contributed by atoms with Crippen molar-refractivity contribution in [3.05, 3.63) is 53.6 Å². The summed E-state index contributed by atoms with van der Waals surface area (Å²) < 4.78 is 10.6. The van der Waals surface area contributed by atoms with Gasteiger partial charge in [-0.05, 0) is 30.3 Å². The molecule has 0 N–H and O–H groups in total. The van der Waals surface area contributed by atoms with Gasteiger partial charge >= 0.3 is 0 Å². The number of ether oxygens (including phenoxy) is 2. The number of carbonyl (C=O) groups excluding carboxylic acids is 1. The van der Waals surface area contributed by atoms with Crippen LogP contribution >= 0.6 is 11.8 Å². The van der Waals surface area contributed by atoms with E-state index in [0.717, 1.165) is 33.3 Å². The Labute approximate surface area is 135 Å². The molecule has 2 aromatic carbocycles. The number of thioether (sulfide) groups is 1. The lowest BCUT2D eigenvalue weighted by Gasteiger charge is -2.10. The van der Waals surface area contributed by atoms with E-state index < -0.39 is 0 Å². The van der Waals surface area contributed by atoms with E-state index in [4.69, 9.17) is 9.47 Å². The standard InChI is InChI=1S/C18H20O3S/c1-4-17(19)13-5-8-16(9-6-13)22-12-14-11-15(20-2)7-10-18(14)21-3/h5-11H,4,12H2,1-3H3. The lowest BCUT2D eigenvalue weighted by atomic mass is 10.1. The van der Waals surface area contributed by atoms with Crippen molar-refractivity contribution >= 4 is 17.5 Å². The highest BCUT2D eigenvalue weighted by Gasteiger charge is 2.07. The first-order chi connectivity index (χ1) is 10.7. The van der Waals surface area contributed by atoms with Crippen molar-refractivity contribution in [2.45, 2.75) is 24.0 Å². The van der Waals surface area contributed by atoms with Crippen LogP contribution in [0.2, 0.25) is 0 Å². The zero-order valence-corrected chi connectivity index (χ0v) is 13.9. The number of rotatable bonds is 7. The molecule has 2 aromatic rings. The first-order valence-electron chi connectivity index (χ1n) is 7.15. The van der Waals surface area contributed by atoms with E-state index in [0.29, 0.717) is 6.42 Å². The highest BCUT2D eigenvalue weighted by Crippen LogP contribution is 2.30. The van der Waals surface area contributed by atoms with Crippen LogP contribution in [0.15, 0.2) is 47.4 Å². The number of Topliss-reactive ketones (excluding diaryl/α,β-unsaturated/α-hetero) is 1. The summed E-state index contributed by atoms with van der Waals surface area (Å²) in [5.74, 6) is 2.62. The molecule has 0 fully saturated rings. The van der Waals surface area contributed by atoms with E-state index in [9.17, 15) is 4.79 Å². The average molecular weight is 316 g/mol. The molecule has 0 aliphatic heterocycles. The smallest absolute Gasteiger partial charge is 0.162 e. The minimum absolute atomic E-state index is 0.172. The van der Waals surface area contributed by atoms with Gasteiger partial charge in [-0.15, -0.1) is 11.8 Å². The number of hydrogen-bond acceptors (Lipinski definition) is 4. The van der Waals surface area contributed by atoms with Gasteiger partial charge in [-0.3, -0.25) is 4.79 Å². The van der Waals surface area contributed by atoms with Gasteiger partial charge in [0.2, 0.25) is 0 Å². The van der Waals surface area contributed by atoms with Crippen LogP contribution in [0.1, 0.15) is 29.3 Å². The van der Waals surface area contributed by atoms with E-state index in [1.807, 2.05) is 49.4 Å². The molecule has 4 heteroatoms. The third-order valence-electron chi connectivity index (χ3n) is 3.38. The maximum absolute atomic E-state index is 11.6. The Hall–Kier alpha value is -1.94. The van der Waals surface area contributed by atoms with E-state index in [1.54, 1.807) is 26.0 Å². The van der Waals surface area contributed by atoms with Crippen molar-refractivity contribution < 1.29 is 14.3 Å². The molecule has 0 bridgehead atoms. The van der Waals surface area contributed by atoms with Crippen molar-refractivity contribution in [2.24, 2.45) is 0 Å². The number of benzene rings is 2. The maximum Gasteiger partial charge on any atom is 0.162 e. The molecule has 0 spiro atoms. The largest absolute Gasteiger partial charge is 0.497 e. The zero-order chi connectivity index (χ0) is 15.9. The first kappa shape index (κ1) is 16.4. The van der Waals surface area contributed by atoms with E-state index in [-0.39, 0.29) is 5.78 Å². The van der Waals surface area contributed by atoms with E-state index in [1.165, 1.54) is 0 Å². The SMILES string of the molecule is CCC(=O)c1ccc(SCc2cc(OC)ccc2OC)cc1. The quantitative estimate of drug-likeness (QED) is 0.553. The molecule has 0 saturated carbocycles. The van der Waals surface area contributed by atoms with Gasteiger partial charge in [-0.1, -0.05) is 19.1 Å². The number of ketones is 1. The van der Waals surface area contributed by atoms with Crippen LogP contribution in [0.4, 0.5) is 0 Å². The molecule has 3 nitrogen and oxygen atoms in total. The third kappa shape index (κ3) is 4.04. The van der Waals surface area contributed by atoms with E-state index >= 15 is 0 Å². The van der Waals surface area contributed by atoms with Crippen LogP contribution in [0.3, 0.4) is 0 Å². The Bertz CT molecular complexity index is 635. The molecule has 0 saturated heterocycles. The summed E-state index contributed by atoms with van der Waals surface area (Å²) >= 11 is 1.70. The number of carbonyl (C=O) groups is 1. The second-order valence-electron chi connectivity index (χ2n) is 4.77. The summed E-state index contributed by atoms with van der Waals surface area (Å²) in [4.78, 5) is 12.7. The van der Waals surface area contributed by atoms with Gasteiger partial charge in [-0.2, -0.15) is 0 Å². The topological polar surface area (TPSA) is 35.5 Å². The molecule has 0 aromatic heterocycles. The maximum atomic E-state index is 11.6. The monoisotopic (exact) mass is 316 g/mol. The minimum Gasteiger partial charge on any atom is -0.497 e. The summed E-state index contributed by atoms with van der Waals surface area (Å²) in [6, 6.07) is 13.5. The van der Waals surface area contributed by atoms with Gasteiger partial charge in [-0.25, -0.2) is 0 Å². The second-order valence-corrected chi connectivity index (χ2v) is 5.82. The van der Waals surface area contributed by atoms with Crippen molar-refractivity contribution in [3.8, 4) is 11.5 Å². The lowest BCUT2D eigenvalue weighted by Crippen LogP contribution is -1.95. The lowest BCUT2D eigenvalue weighted by molar-refractivity contribution is 0.0988. The Morgan fingerprint density at radius 3 is 2.36 bits per heavy atom. The van der Waals surface area contributed by atoms with Crippen LogP contribution < -0.4 is 9.47 Å². The fourth-order valence-electron chi connectivity index (χ4n) is 2.10. The molecule has 0 heterocycles. The second kappa shape index (κ2) is 7.90. The van der Waals surface area contributed by atoms with Crippen molar-refractivity contribution in [2.75, 3.05) is 14.2 Å². The van der Waals surface area contributed by atoms with Gasteiger partial charge in [0.15, 0.2) is 5.78 Å². The normalized spacial score (nSPS) is 10.3. The van der Waals surface area contributed by atoms with Crippen LogP contribution in [-0.2, 0) is 5.75 Å². The molecule has 0 aliphatic rings. The fourth-order valence-corrected chi connectivity index (χ4v) is 2.97. The molecular formula is C18H20O3S. The summed E-state index contributed by atoms with van der Waals surface area (Å²) in [5.41, 5.74) is 1.85. The number of hydrogen-bond donors (Lipinski definition) is 0. The molecular weight excluding hydrogens is 296 g/mol. The molecule has 0 radical (unpaired) electrons. The molecule has 0 amide bonds. The Balaban J connectivity index is 2.08. The zero-order valence-electron chi connectivity index (χ0n) is 13.1. The van der Waals surface area contributed by atoms with E-state index in [2.05, 4.69) is 0 Å². The van der Waals surface area contributed by atoms with Gasteiger partial charge < -0.3 is 9.47 Å². The van der Waals surface area contributed by atoms with Crippen molar-refractivity contribution in [3.63, 3.8) is 0 Å². The van der Waals surface area contributed by atoms with Gasteiger partial charge in [0.05, 0.1) is 14.2 Å². The fraction of sp³-hybridized carbons (Fsp3) is 0.278. The molecule has 0 aliphatic carbocycles. The summed E-state index contributed by atoms with van der Waals surface area (Å²) in [6.45, 7) is 1.88. The Morgan fingerprint density at radius 1 is 1.05 bits per heavy atom. The molecule has 0 unspecified atom stereocenters. The van der Waals surface area contributed by atoms with Crippen LogP contribution in [-0.4, -0.2) is 20.0 Å². The molecule has 116 valence electrons.